The van der Waals surface area contributed by atoms with Crippen molar-refractivity contribution in [3.63, 3.8) is 0 Å². The topological polar surface area (TPSA) is 62.2 Å². The first-order chi connectivity index (χ1) is 7.15. The van der Waals surface area contributed by atoms with Gasteiger partial charge < -0.3 is 10.4 Å². The van der Waals surface area contributed by atoms with Crippen LogP contribution in [0, 0.1) is 17.7 Å². The van der Waals surface area contributed by atoms with Gasteiger partial charge in [0, 0.05) is 0 Å². The second-order valence-electron chi connectivity index (χ2n) is 2.64. The molecule has 0 radical (unpaired) electrons. The number of rotatable bonds is 3. The number of carboxylic acid groups (broad SMARTS) is 1. The molecule has 0 aromatic carbocycles. The van der Waals surface area contributed by atoms with Crippen LogP contribution in [0.15, 0.2) is 12.3 Å². The Bertz CT molecular complexity index is 435. The third kappa shape index (κ3) is 2.95. The molecule has 0 aliphatic heterocycles. The van der Waals surface area contributed by atoms with Gasteiger partial charge in [-0.25, -0.2) is 14.2 Å². The Balaban J connectivity index is 2.94. The van der Waals surface area contributed by atoms with Gasteiger partial charge in [0.05, 0.1) is 12.7 Å². The molecule has 0 aliphatic rings. The quantitative estimate of drug-likeness (QED) is 0.736. The zero-order chi connectivity index (χ0) is 11.3. The zero-order valence-electron chi connectivity index (χ0n) is 8.04. The number of halogens is 1. The van der Waals surface area contributed by atoms with Gasteiger partial charge in [0.15, 0.2) is 0 Å². The summed E-state index contributed by atoms with van der Waals surface area (Å²) < 4.78 is 12.7. The predicted molar refractivity (Wildman–Crippen MR) is 53.1 cm³/mol. The van der Waals surface area contributed by atoms with Crippen molar-refractivity contribution in [3.05, 3.63) is 23.6 Å². The Morgan fingerprint density at radius 1 is 1.73 bits per heavy atom. The number of nitrogens with one attached hydrogen (secondary N) is 1. The van der Waals surface area contributed by atoms with Crippen LogP contribution >= 0.6 is 0 Å². The van der Waals surface area contributed by atoms with E-state index in [9.17, 15) is 9.18 Å². The zero-order valence-corrected chi connectivity index (χ0v) is 8.04. The van der Waals surface area contributed by atoms with Crippen LogP contribution in [0.3, 0.4) is 0 Å². The Kier molecular flexibility index (Phi) is 3.63. The second-order valence-corrected chi connectivity index (χ2v) is 2.64. The minimum atomic E-state index is -1.23. The Hall–Kier alpha value is -2.09. The summed E-state index contributed by atoms with van der Waals surface area (Å²) >= 11 is 0. The summed E-state index contributed by atoms with van der Waals surface area (Å²) in [5, 5.41) is 11.5. The number of hydrogen-bond donors (Lipinski definition) is 2. The number of nitrogens with zero attached hydrogens (tertiary/aromatic N) is 1. The maximum atomic E-state index is 12.7. The molecule has 1 aromatic heterocycles. The van der Waals surface area contributed by atoms with E-state index in [1.165, 1.54) is 0 Å². The van der Waals surface area contributed by atoms with Gasteiger partial charge >= 0.3 is 5.97 Å². The fourth-order valence-electron chi connectivity index (χ4n) is 0.959. The van der Waals surface area contributed by atoms with Crippen molar-refractivity contribution in [1.29, 1.82) is 0 Å². The molecule has 5 heteroatoms. The molecule has 0 unspecified atom stereocenters. The number of aromatic carboxylic acids is 1. The van der Waals surface area contributed by atoms with E-state index in [2.05, 4.69) is 22.1 Å². The van der Waals surface area contributed by atoms with Crippen LogP contribution in [0.4, 0.5) is 10.2 Å². The van der Waals surface area contributed by atoms with Gasteiger partial charge in [-0.3, -0.25) is 0 Å². The number of anilines is 1. The van der Waals surface area contributed by atoms with Crippen LogP contribution in [0.5, 0.6) is 0 Å². The van der Waals surface area contributed by atoms with Crippen molar-refractivity contribution in [2.24, 2.45) is 0 Å². The summed E-state index contributed by atoms with van der Waals surface area (Å²) in [6.07, 6.45) is 0.953. The van der Waals surface area contributed by atoms with Gasteiger partial charge in [0.2, 0.25) is 0 Å². The molecule has 1 rings (SSSR count). The van der Waals surface area contributed by atoms with Crippen LogP contribution in [0.1, 0.15) is 17.3 Å². The average Bonchev–Trinajstić information content (AvgIpc) is 2.20. The normalized spacial score (nSPS) is 8.93. The Labute approximate surface area is 86.1 Å². The third-order valence-electron chi connectivity index (χ3n) is 1.61. The van der Waals surface area contributed by atoms with Gasteiger partial charge in [-0.15, -0.1) is 5.92 Å². The van der Waals surface area contributed by atoms with Crippen LogP contribution in [0.2, 0.25) is 0 Å². The predicted octanol–water partition coefficient (Wildman–Crippen LogP) is 1.35. The molecule has 0 saturated heterocycles. The van der Waals surface area contributed by atoms with E-state index in [0.717, 1.165) is 12.3 Å². The largest absolute Gasteiger partial charge is 0.478 e. The summed E-state index contributed by atoms with van der Waals surface area (Å²) in [6.45, 7) is 1.94. The van der Waals surface area contributed by atoms with E-state index in [1.54, 1.807) is 6.92 Å². The van der Waals surface area contributed by atoms with Crippen LogP contribution in [-0.2, 0) is 0 Å². The molecule has 0 spiro atoms. The average molecular weight is 208 g/mol. The third-order valence-corrected chi connectivity index (χ3v) is 1.61. The number of carboxylic acids is 1. The molecule has 1 heterocycles. The lowest BCUT2D eigenvalue weighted by molar-refractivity contribution is 0.0697. The minimum absolute atomic E-state index is 0.117. The lowest BCUT2D eigenvalue weighted by Gasteiger charge is -2.04. The second kappa shape index (κ2) is 4.96. The maximum absolute atomic E-state index is 12.7. The smallest absolute Gasteiger partial charge is 0.339 e. The van der Waals surface area contributed by atoms with Crippen molar-refractivity contribution in [3.8, 4) is 11.8 Å². The van der Waals surface area contributed by atoms with Gasteiger partial charge in [-0.1, -0.05) is 5.92 Å². The molecule has 0 atom stereocenters. The van der Waals surface area contributed by atoms with Crippen LogP contribution in [0.25, 0.3) is 0 Å². The van der Waals surface area contributed by atoms with Crippen LogP contribution in [-0.4, -0.2) is 22.6 Å². The SMILES string of the molecule is CC#CCNc1ncc(F)cc1C(=O)O. The number of pyridine rings is 1. The highest BCUT2D eigenvalue weighted by atomic mass is 19.1. The van der Waals surface area contributed by atoms with Crippen LogP contribution < -0.4 is 5.32 Å². The maximum Gasteiger partial charge on any atom is 0.339 e. The van der Waals surface area contributed by atoms with E-state index < -0.39 is 11.8 Å². The highest BCUT2D eigenvalue weighted by Gasteiger charge is 2.11. The Morgan fingerprint density at radius 2 is 2.47 bits per heavy atom. The summed E-state index contributed by atoms with van der Waals surface area (Å²) in [6, 6.07) is 0.914. The molecule has 15 heavy (non-hydrogen) atoms. The first kappa shape index (κ1) is 11.0. The lowest BCUT2D eigenvalue weighted by atomic mass is 10.2. The van der Waals surface area contributed by atoms with Gasteiger partial charge in [-0.2, -0.15) is 0 Å². The van der Waals surface area contributed by atoms with E-state index in [-0.39, 0.29) is 17.9 Å². The monoisotopic (exact) mass is 208 g/mol. The number of aromatic nitrogens is 1. The van der Waals surface area contributed by atoms with Gasteiger partial charge in [-0.05, 0) is 13.0 Å². The summed E-state index contributed by atoms with van der Waals surface area (Å²) in [5.41, 5.74) is -0.201. The summed E-state index contributed by atoms with van der Waals surface area (Å²) in [4.78, 5) is 14.4. The lowest BCUT2D eigenvalue weighted by Crippen LogP contribution is -2.09. The summed E-state index contributed by atoms with van der Waals surface area (Å²) in [5.74, 6) is 3.53. The molecular weight excluding hydrogens is 199 g/mol. The molecule has 0 fully saturated rings. The van der Waals surface area contributed by atoms with E-state index in [1.807, 2.05) is 0 Å². The molecule has 78 valence electrons. The molecule has 4 nitrogen and oxygen atoms in total. The Morgan fingerprint density at radius 3 is 3.07 bits per heavy atom. The van der Waals surface area contributed by atoms with Crippen molar-refractivity contribution in [2.45, 2.75) is 6.92 Å². The first-order valence-electron chi connectivity index (χ1n) is 4.17. The molecule has 0 amide bonds. The summed E-state index contributed by atoms with van der Waals surface area (Å²) in [7, 11) is 0. The van der Waals surface area contributed by atoms with Crippen molar-refractivity contribution >= 4 is 11.8 Å². The first-order valence-corrected chi connectivity index (χ1v) is 4.17. The molecule has 0 saturated carbocycles. The molecule has 1 aromatic rings. The highest BCUT2D eigenvalue weighted by Crippen LogP contribution is 2.12. The minimum Gasteiger partial charge on any atom is -0.478 e. The molecule has 0 aliphatic carbocycles. The van der Waals surface area contributed by atoms with Gasteiger partial charge in [0.25, 0.3) is 0 Å². The molecular formula is C10H9FN2O2. The van der Waals surface area contributed by atoms with E-state index >= 15 is 0 Å². The highest BCUT2D eigenvalue weighted by molar-refractivity contribution is 5.93. The van der Waals surface area contributed by atoms with Gasteiger partial charge in [0.1, 0.15) is 17.2 Å². The number of hydrogen-bond acceptors (Lipinski definition) is 3. The fourth-order valence-corrected chi connectivity index (χ4v) is 0.959. The van der Waals surface area contributed by atoms with E-state index in [0.29, 0.717) is 0 Å². The van der Waals surface area contributed by atoms with Crippen molar-refractivity contribution in [2.75, 3.05) is 11.9 Å². The standard InChI is InChI=1S/C10H9FN2O2/c1-2-3-4-12-9-8(10(14)15)5-7(11)6-13-9/h5-6H,4H2,1H3,(H,12,13)(H,14,15). The van der Waals surface area contributed by atoms with Crippen molar-refractivity contribution in [1.82, 2.24) is 4.98 Å². The number of carbonyl (C=O) groups is 1. The molecule has 0 bridgehead atoms. The molecule has 2 N–H and O–H groups in total. The van der Waals surface area contributed by atoms with E-state index in [4.69, 9.17) is 5.11 Å². The fraction of sp³-hybridized carbons (Fsp3) is 0.200. The van der Waals surface area contributed by atoms with Crippen molar-refractivity contribution < 1.29 is 14.3 Å².